The quantitative estimate of drug-likeness (QED) is 0.0813. The van der Waals surface area contributed by atoms with Crippen molar-refractivity contribution in [1.29, 1.82) is 0 Å². The van der Waals surface area contributed by atoms with E-state index >= 15 is 0 Å². The molecule has 3 saturated carbocycles. The molecule has 16 unspecified atom stereocenters. The van der Waals surface area contributed by atoms with Crippen molar-refractivity contribution < 1.29 is 59.6 Å². The van der Waals surface area contributed by atoms with Crippen molar-refractivity contribution in [2.45, 2.75) is 107 Å². The second-order valence-electron chi connectivity index (χ2n) is 14.7. The standard InChI is InChI=1S/C32H55N5O10/c1-14-8-17-24(26(40)19(14)12-37-31(34)35-2)27(41)23-18(25(17)39)10-16(45-3)11-20(23)46-30-28(42)29(43)32(44,21(13-38)47-30)6-4-15-5-7-36-22(33)9-15/h14-24,26,28-30,36,38,40,42-44H,4-13,33H2,1-3H3,(H3,34,35,37)/p+2. The average Bonchev–Trinajstić information content (AvgIpc) is 3.05. The first-order valence-electron chi connectivity index (χ1n) is 17.3. The van der Waals surface area contributed by atoms with Gasteiger partial charge in [0.1, 0.15) is 41.6 Å². The number of piperidine rings is 1. The number of nitrogens with two attached hydrogens (primary N) is 3. The van der Waals surface area contributed by atoms with Gasteiger partial charge >= 0.3 is 5.96 Å². The van der Waals surface area contributed by atoms with Crippen molar-refractivity contribution >= 4 is 17.5 Å². The first kappa shape index (κ1) is 36.5. The summed E-state index contributed by atoms with van der Waals surface area (Å²) in [5, 5.41) is 61.0. The zero-order chi connectivity index (χ0) is 34.2. The molecule has 5 rings (SSSR count). The molecule has 0 aromatic rings. The Morgan fingerprint density at radius 3 is 2.49 bits per heavy atom. The molecule has 47 heavy (non-hydrogen) atoms. The minimum absolute atomic E-state index is 0.0378. The Labute approximate surface area is 275 Å². The van der Waals surface area contributed by atoms with Crippen LogP contribution in [0.5, 0.6) is 0 Å². The van der Waals surface area contributed by atoms with Crippen LogP contribution < -0.4 is 27.1 Å². The molecule has 5 fully saturated rings. The molecule has 5 aliphatic rings. The van der Waals surface area contributed by atoms with Crippen LogP contribution in [0.4, 0.5) is 0 Å². The maximum absolute atomic E-state index is 14.3. The number of carbonyl (C=O) groups is 2. The maximum Gasteiger partial charge on any atom is 0.340 e. The van der Waals surface area contributed by atoms with Gasteiger partial charge in [-0.2, -0.15) is 0 Å². The Hall–Kier alpha value is -1.79. The van der Waals surface area contributed by atoms with Gasteiger partial charge in [0.05, 0.1) is 56.9 Å². The van der Waals surface area contributed by atoms with Crippen molar-refractivity contribution in [1.82, 2.24) is 5.32 Å². The summed E-state index contributed by atoms with van der Waals surface area (Å²) >= 11 is 0. The number of carbonyl (C=O) groups excluding carboxylic acids is 2. The SMILES string of the molecule is C[NH+]=C(N)NCC1C(C)CC2C(=O)C3CC(OC)CC(OC4OC(CO)C(O)(CCC5CC[NH2+]C(N)C5)C(O)C4O)C3C(=O)C2C1O. The molecule has 0 spiro atoms. The lowest BCUT2D eigenvalue weighted by atomic mass is 9.53. The van der Waals surface area contributed by atoms with Gasteiger partial charge in [-0.25, -0.2) is 0 Å². The summed E-state index contributed by atoms with van der Waals surface area (Å²) in [6.45, 7) is 2.49. The van der Waals surface area contributed by atoms with E-state index in [0.717, 1.165) is 19.4 Å². The maximum atomic E-state index is 14.3. The molecule has 2 saturated heterocycles. The third kappa shape index (κ3) is 7.12. The van der Waals surface area contributed by atoms with E-state index in [1.807, 2.05) is 6.92 Å². The van der Waals surface area contributed by atoms with Crippen molar-refractivity contribution in [2.75, 3.05) is 33.9 Å². The lowest BCUT2D eigenvalue weighted by Gasteiger charge is -2.53. The van der Waals surface area contributed by atoms with E-state index in [0.29, 0.717) is 31.8 Å². The number of nitrogens with one attached hydrogen (secondary N) is 2. The monoisotopic (exact) mass is 671 g/mol. The predicted molar refractivity (Wildman–Crippen MR) is 166 cm³/mol. The lowest BCUT2D eigenvalue weighted by Crippen LogP contribution is -2.94. The number of ketones is 2. The number of hydrogen-bond acceptors (Lipinski definition) is 11. The fraction of sp³-hybridized carbons (Fsp3) is 0.906. The number of Topliss-reactive ketones (excluding diaryl/α,β-unsaturated/α-hetero) is 2. The third-order valence-electron chi connectivity index (χ3n) is 12.0. The van der Waals surface area contributed by atoms with Crippen LogP contribution in [0.3, 0.4) is 0 Å². The van der Waals surface area contributed by atoms with Crippen LogP contribution in [0, 0.1) is 41.4 Å². The normalized spacial score (nSPS) is 47.7. The van der Waals surface area contributed by atoms with Crippen LogP contribution in [0.25, 0.3) is 0 Å². The number of fused-ring (bicyclic) bond motifs is 2. The summed E-state index contributed by atoms with van der Waals surface area (Å²) in [5.74, 6) is -3.46. The van der Waals surface area contributed by atoms with Crippen LogP contribution in [0.15, 0.2) is 0 Å². The molecule has 2 aliphatic heterocycles. The van der Waals surface area contributed by atoms with Crippen molar-refractivity contribution in [3.05, 3.63) is 0 Å². The predicted octanol–water partition coefficient (Wildman–Crippen LogP) is -5.36. The van der Waals surface area contributed by atoms with E-state index in [4.69, 9.17) is 25.7 Å². The smallest absolute Gasteiger partial charge is 0.340 e. The average molecular weight is 672 g/mol. The van der Waals surface area contributed by atoms with E-state index in [9.17, 15) is 35.1 Å². The van der Waals surface area contributed by atoms with Crippen LogP contribution >= 0.6 is 0 Å². The lowest BCUT2D eigenvalue weighted by molar-refractivity contribution is -0.699. The van der Waals surface area contributed by atoms with Crippen LogP contribution in [0.2, 0.25) is 0 Å². The molecule has 16 atom stereocenters. The summed E-state index contributed by atoms with van der Waals surface area (Å²) in [4.78, 5) is 31.2. The Morgan fingerprint density at radius 2 is 1.83 bits per heavy atom. The fourth-order valence-corrected chi connectivity index (χ4v) is 9.19. The number of quaternary nitrogens is 1. The fourth-order valence-electron chi connectivity index (χ4n) is 9.19. The number of hydrogen-bond donors (Lipinski definition) is 10. The molecule has 0 aromatic carbocycles. The minimum Gasteiger partial charge on any atom is -0.394 e. The van der Waals surface area contributed by atoms with Gasteiger partial charge in [0.15, 0.2) is 6.29 Å². The number of aliphatic hydroxyl groups is 5. The summed E-state index contributed by atoms with van der Waals surface area (Å²) in [6, 6.07) is 0. The summed E-state index contributed by atoms with van der Waals surface area (Å²) < 4.78 is 17.9. The Bertz CT molecular complexity index is 1140. The topological polar surface area (TPSA) is 258 Å². The van der Waals surface area contributed by atoms with Crippen LogP contribution in [-0.4, -0.2) is 132 Å². The van der Waals surface area contributed by atoms with Gasteiger partial charge in [-0.05, 0) is 43.9 Å². The molecule has 15 heteroatoms. The van der Waals surface area contributed by atoms with Gasteiger partial charge in [0, 0.05) is 37.7 Å². The highest BCUT2D eigenvalue weighted by Gasteiger charge is 2.61. The Kier molecular flexibility index (Phi) is 11.6. The zero-order valence-corrected chi connectivity index (χ0v) is 27.7. The summed E-state index contributed by atoms with van der Waals surface area (Å²) in [7, 11) is 3.19. The zero-order valence-electron chi connectivity index (χ0n) is 27.7. The first-order chi connectivity index (χ1) is 22.3. The second-order valence-corrected chi connectivity index (χ2v) is 14.7. The number of guanidine groups is 1. The number of ether oxygens (including phenoxy) is 3. The van der Waals surface area contributed by atoms with Gasteiger partial charge < -0.3 is 45.1 Å². The number of rotatable bonds is 9. The highest BCUT2D eigenvalue weighted by molar-refractivity contribution is 6.00. The first-order valence-corrected chi connectivity index (χ1v) is 17.3. The molecular weight excluding hydrogens is 614 g/mol. The molecule has 0 amide bonds. The Balaban J connectivity index is 1.34. The molecule has 0 bridgehead atoms. The highest BCUT2D eigenvalue weighted by atomic mass is 16.7. The van der Waals surface area contributed by atoms with E-state index in [1.54, 1.807) is 7.05 Å². The number of methoxy groups -OCH3 is 1. The molecular formula is C32H57N5O10+2. The summed E-state index contributed by atoms with van der Waals surface area (Å²) in [5.41, 5.74) is 10.0. The van der Waals surface area contributed by atoms with E-state index in [1.165, 1.54) is 7.11 Å². The van der Waals surface area contributed by atoms with E-state index < -0.39 is 78.8 Å². The highest BCUT2D eigenvalue weighted by Crippen LogP contribution is 2.50. The molecule has 2 heterocycles. The molecule has 0 radical (unpaired) electrons. The van der Waals surface area contributed by atoms with Gasteiger partial charge in [0.2, 0.25) is 0 Å². The van der Waals surface area contributed by atoms with Crippen molar-refractivity contribution in [3.8, 4) is 0 Å². The number of aliphatic hydroxyl groups excluding tert-OH is 4. The second kappa shape index (κ2) is 15.0. The summed E-state index contributed by atoms with van der Waals surface area (Å²) in [6.07, 6.45) is -5.52. The van der Waals surface area contributed by atoms with E-state index in [2.05, 4.69) is 15.6 Å². The molecule has 15 nitrogen and oxygen atoms in total. The molecule has 3 aliphatic carbocycles. The Morgan fingerprint density at radius 1 is 1.11 bits per heavy atom. The van der Waals surface area contributed by atoms with Crippen LogP contribution in [0.1, 0.15) is 51.9 Å². The molecule has 0 aromatic heterocycles. The van der Waals surface area contributed by atoms with Crippen LogP contribution in [-0.2, 0) is 23.8 Å². The van der Waals surface area contributed by atoms with Gasteiger partial charge in [-0.15, -0.1) is 0 Å². The van der Waals surface area contributed by atoms with Crippen molar-refractivity contribution in [2.24, 2.45) is 52.9 Å². The van der Waals surface area contributed by atoms with Gasteiger partial charge in [-0.3, -0.25) is 31.4 Å². The van der Waals surface area contributed by atoms with E-state index in [-0.39, 0.29) is 48.3 Å². The van der Waals surface area contributed by atoms with Gasteiger partial charge in [-0.1, -0.05) is 6.92 Å². The minimum atomic E-state index is -1.95. The van der Waals surface area contributed by atoms with Gasteiger partial charge in [0.25, 0.3) is 0 Å². The molecule has 268 valence electrons. The van der Waals surface area contributed by atoms with Crippen molar-refractivity contribution in [3.63, 3.8) is 0 Å². The molecule has 13 N–H and O–H groups in total. The third-order valence-corrected chi connectivity index (χ3v) is 12.0. The largest absolute Gasteiger partial charge is 0.394 e.